The van der Waals surface area contributed by atoms with Crippen molar-refractivity contribution in [2.75, 3.05) is 58.1 Å². The first-order valence-corrected chi connectivity index (χ1v) is 25.9. The van der Waals surface area contributed by atoms with Crippen molar-refractivity contribution in [3.63, 3.8) is 0 Å². The van der Waals surface area contributed by atoms with Gasteiger partial charge in [0.05, 0.1) is 11.0 Å². The number of carbonyl (C=O) groups excluding carboxylic acids is 3. The van der Waals surface area contributed by atoms with Crippen LogP contribution in [-0.4, -0.2) is 119 Å². The van der Waals surface area contributed by atoms with Crippen LogP contribution in [0.4, 0.5) is 5.82 Å². The lowest BCUT2D eigenvalue weighted by Gasteiger charge is -2.44. The minimum atomic E-state index is -0.670. The van der Waals surface area contributed by atoms with Crippen LogP contribution in [0.15, 0.2) is 83.9 Å². The molecule has 0 bridgehead atoms. The molecule has 8 heterocycles. The van der Waals surface area contributed by atoms with Crippen molar-refractivity contribution in [1.82, 2.24) is 48.6 Å². The molecule has 3 atom stereocenters. The summed E-state index contributed by atoms with van der Waals surface area (Å²) in [5.74, 6) is 1.03. The molecule has 1 unspecified atom stereocenters. The van der Waals surface area contributed by atoms with Gasteiger partial charge >= 0.3 is 5.69 Å². The first-order chi connectivity index (χ1) is 34.0. The quantitative estimate of drug-likeness (QED) is 0.122. The number of nitrogens with one attached hydrogen (secondary N) is 1. The van der Waals surface area contributed by atoms with Gasteiger partial charge in [0.2, 0.25) is 11.8 Å². The largest absolute Gasteiger partial charge is 0.384 e. The summed E-state index contributed by atoms with van der Waals surface area (Å²) >= 11 is 0. The number of pyridine rings is 2. The Balaban J connectivity index is 0.653. The Bertz CT molecular complexity index is 2970. The van der Waals surface area contributed by atoms with E-state index in [0.29, 0.717) is 30.1 Å². The number of piperidine rings is 3. The summed E-state index contributed by atoms with van der Waals surface area (Å²) in [5.41, 5.74) is 15.0. The Kier molecular flexibility index (Phi) is 12.7. The van der Waals surface area contributed by atoms with Crippen LogP contribution in [0.1, 0.15) is 123 Å². The van der Waals surface area contributed by atoms with E-state index in [1.807, 2.05) is 35.2 Å². The van der Waals surface area contributed by atoms with E-state index in [9.17, 15) is 19.2 Å². The molecule has 4 saturated heterocycles. The molecule has 1 aliphatic carbocycles. The molecule has 5 aliphatic rings. The molecule has 15 heteroatoms. The lowest BCUT2D eigenvalue weighted by Crippen LogP contribution is -2.54. The summed E-state index contributed by atoms with van der Waals surface area (Å²) in [4.78, 5) is 71.3. The number of carbonyl (C=O) groups is 3. The predicted octanol–water partition coefficient (Wildman–Crippen LogP) is 7.04. The lowest BCUT2D eigenvalue weighted by molar-refractivity contribution is -0.135. The van der Waals surface area contributed by atoms with Crippen LogP contribution in [0.2, 0.25) is 0 Å². The van der Waals surface area contributed by atoms with Crippen LogP contribution in [0, 0.1) is 5.92 Å². The molecule has 11 rings (SSSR count). The number of nitrogens with two attached hydrogens (primary N) is 1. The zero-order valence-electron chi connectivity index (χ0n) is 40.9. The van der Waals surface area contributed by atoms with E-state index in [-0.39, 0.29) is 36.0 Å². The first kappa shape index (κ1) is 46.2. The number of aryl methyl sites for hydroxylation is 1. The van der Waals surface area contributed by atoms with Gasteiger partial charge in [0.25, 0.3) is 5.91 Å². The SMILES string of the molecule is CC[C@H]1CN(Cc2ccc3c(c2)n(C2CC2)c(=O)n3C2CCC(=O)NC2=O)CCN1CC1CCN(C(=O)c2ccc(C3CCN([C@@H](C)c4cc5c(-c6ccc(N)nc6)ccnc5n4C)CC3)cc2)CC1. The fourth-order valence-corrected chi connectivity index (χ4v) is 12.3. The van der Waals surface area contributed by atoms with Gasteiger partial charge in [-0.15, -0.1) is 0 Å². The Hall–Kier alpha value is -6.16. The average molecular weight is 946 g/mol. The van der Waals surface area contributed by atoms with E-state index >= 15 is 0 Å². The summed E-state index contributed by atoms with van der Waals surface area (Å²) < 4.78 is 5.75. The maximum atomic E-state index is 13.8. The topological polar surface area (TPSA) is 160 Å². The molecule has 1 saturated carbocycles. The van der Waals surface area contributed by atoms with Gasteiger partial charge in [0.1, 0.15) is 17.5 Å². The smallest absolute Gasteiger partial charge is 0.330 e. The number of piperazine rings is 1. The zero-order chi connectivity index (χ0) is 48.2. The van der Waals surface area contributed by atoms with E-state index in [1.54, 1.807) is 4.57 Å². The summed E-state index contributed by atoms with van der Waals surface area (Å²) in [5, 5.41) is 3.56. The van der Waals surface area contributed by atoms with E-state index in [4.69, 9.17) is 10.7 Å². The van der Waals surface area contributed by atoms with Crippen LogP contribution in [0.5, 0.6) is 0 Å². The van der Waals surface area contributed by atoms with Gasteiger partial charge < -0.3 is 15.2 Å². The summed E-state index contributed by atoms with van der Waals surface area (Å²) in [6, 6.07) is 23.2. The van der Waals surface area contributed by atoms with Crippen LogP contribution >= 0.6 is 0 Å². The van der Waals surface area contributed by atoms with Crippen molar-refractivity contribution >= 4 is 45.6 Å². The van der Waals surface area contributed by atoms with E-state index < -0.39 is 11.9 Å². The Morgan fingerprint density at radius 3 is 2.33 bits per heavy atom. The third-order valence-corrected chi connectivity index (χ3v) is 16.6. The number of aromatic nitrogens is 5. The number of rotatable bonds is 12. The third-order valence-electron chi connectivity index (χ3n) is 16.6. The number of amides is 3. The minimum absolute atomic E-state index is 0.147. The fraction of sp³-hybridized carbons (Fsp3) is 0.491. The number of benzene rings is 2. The van der Waals surface area contributed by atoms with Gasteiger partial charge in [-0.1, -0.05) is 25.1 Å². The predicted molar refractivity (Wildman–Crippen MR) is 272 cm³/mol. The van der Waals surface area contributed by atoms with Crippen molar-refractivity contribution in [2.24, 2.45) is 13.0 Å². The molecule has 15 nitrogen and oxygen atoms in total. The fourth-order valence-electron chi connectivity index (χ4n) is 12.3. The van der Waals surface area contributed by atoms with Gasteiger partial charge in [0, 0.05) is 112 Å². The number of nitrogens with zero attached hydrogens (tertiary/aromatic N) is 9. The van der Waals surface area contributed by atoms with E-state index in [0.717, 1.165) is 143 Å². The number of imide groups is 1. The highest BCUT2D eigenvalue weighted by Gasteiger charge is 2.36. The third kappa shape index (κ3) is 8.96. The van der Waals surface area contributed by atoms with Crippen molar-refractivity contribution < 1.29 is 14.4 Å². The second-order valence-electron chi connectivity index (χ2n) is 20.9. The molecule has 4 aliphatic heterocycles. The molecule has 4 aromatic heterocycles. The standard InChI is InChI=1S/C55H67N11O4/c1-4-42-34-61(32-37-5-13-46-49(29-37)65(43-11-12-43)55(70)66(46)47-14-16-51(67)59-53(47)68)27-28-64(42)33-36-18-23-63(24-19-36)54(69)40-8-6-38(7-9-40)39-20-25-62(26-21-39)35(2)48-30-45-44(17-22-57-52(45)60(48)3)41-10-15-50(56)58-31-41/h5-10,13,15,17,22,29-31,35-36,39,42-43,47H,4,11-12,14,16,18-21,23-28,32-34H2,1-3H3,(H2,56,58)(H,59,67,68)/t35-,42-,47?/m0/s1. The second kappa shape index (κ2) is 19.2. The number of hydrogen-bond acceptors (Lipinski definition) is 10. The maximum Gasteiger partial charge on any atom is 0.330 e. The van der Waals surface area contributed by atoms with E-state index in [1.165, 1.54) is 16.8 Å². The zero-order valence-corrected chi connectivity index (χ0v) is 40.9. The average Bonchev–Trinajstić information content (AvgIpc) is 4.10. The number of hydrogen-bond donors (Lipinski definition) is 2. The lowest BCUT2D eigenvalue weighted by atomic mass is 9.88. The van der Waals surface area contributed by atoms with Crippen molar-refractivity contribution in [1.29, 1.82) is 0 Å². The van der Waals surface area contributed by atoms with Crippen LogP contribution in [0.25, 0.3) is 33.2 Å². The van der Waals surface area contributed by atoms with E-state index in [2.05, 4.69) is 104 Å². The molecule has 3 N–H and O–H groups in total. The molecule has 5 fully saturated rings. The van der Waals surface area contributed by atoms with Gasteiger partial charge in [-0.25, -0.2) is 14.8 Å². The number of likely N-dealkylation sites (tertiary alicyclic amines) is 2. The Morgan fingerprint density at radius 1 is 0.829 bits per heavy atom. The molecule has 3 amide bonds. The van der Waals surface area contributed by atoms with Gasteiger partial charge in [-0.2, -0.15) is 0 Å². The molecule has 0 spiro atoms. The number of imidazole rings is 1. The van der Waals surface area contributed by atoms with Gasteiger partial charge in [0.15, 0.2) is 0 Å². The van der Waals surface area contributed by atoms with Crippen LogP contribution < -0.4 is 16.7 Å². The van der Waals surface area contributed by atoms with Gasteiger partial charge in [-0.3, -0.25) is 43.5 Å². The molecule has 0 radical (unpaired) electrons. The number of fused-ring (bicyclic) bond motifs is 2. The van der Waals surface area contributed by atoms with Crippen molar-refractivity contribution in [2.45, 2.75) is 108 Å². The summed E-state index contributed by atoms with van der Waals surface area (Å²) in [6.07, 6.45) is 11.5. The highest BCUT2D eigenvalue weighted by atomic mass is 16.2. The summed E-state index contributed by atoms with van der Waals surface area (Å²) in [7, 11) is 2.12. The van der Waals surface area contributed by atoms with Crippen molar-refractivity contribution in [3.8, 4) is 11.1 Å². The van der Waals surface area contributed by atoms with Crippen LogP contribution in [-0.2, 0) is 23.2 Å². The molecule has 2 aromatic carbocycles. The summed E-state index contributed by atoms with van der Waals surface area (Å²) in [6.45, 7) is 13.0. The monoisotopic (exact) mass is 946 g/mol. The number of nitrogen functional groups attached to an aromatic ring is 1. The Morgan fingerprint density at radius 2 is 1.61 bits per heavy atom. The molecule has 70 heavy (non-hydrogen) atoms. The molecule has 6 aromatic rings. The number of anilines is 1. The van der Waals surface area contributed by atoms with Gasteiger partial charge in [-0.05, 0) is 148 Å². The Labute approximate surface area is 409 Å². The molecular formula is C55H67N11O4. The van der Waals surface area contributed by atoms with Crippen molar-refractivity contribution in [3.05, 3.63) is 112 Å². The maximum absolute atomic E-state index is 13.8. The molecule has 366 valence electrons. The minimum Gasteiger partial charge on any atom is -0.384 e. The second-order valence-corrected chi connectivity index (χ2v) is 20.9. The highest BCUT2D eigenvalue weighted by molar-refractivity contribution is 6.00. The molecular weight excluding hydrogens is 879 g/mol. The van der Waals surface area contributed by atoms with Crippen LogP contribution in [0.3, 0.4) is 0 Å². The first-order valence-electron chi connectivity index (χ1n) is 25.9. The normalized spacial score (nSPS) is 22.0. The highest BCUT2D eigenvalue weighted by Crippen LogP contribution is 2.39.